The fraction of sp³-hybridized carbons (Fsp3) is 0.647. The molecule has 0 bridgehead atoms. The van der Waals surface area contributed by atoms with Gasteiger partial charge in [-0.1, -0.05) is 12.1 Å². The molecular weight excluding hydrogens is 251 g/mol. The molecule has 1 aromatic carbocycles. The molecule has 1 saturated carbocycles. The molecule has 1 aliphatic carbocycles. The van der Waals surface area contributed by atoms with E-state index in [0.717, 1.165) is 24.6 Å². The Morgan fingerprint density at radius 3 is 2.85 bits per heavy atom. The number of nitrogens with zero attached hydrogens (tertiary/aromatic N) is 1. The van der Waals surface area contributed by atoms with Crippen molar-refractivity contribution in [2.24, 2.45) is 0 Å². The predicted molar refractivity (Wildman–Crippen MR) is 80.3 cm³/mol. The van der Waals surface area contributed by atoms with E-state index in [1.165, 1.54) is 38.3 Å². The van der Waals surface area contributed by atoms with Crippen LogP contribution in [0.15, 0.2) is 24.3 Å². The minimum absolute atomic E-state index is 0.120. The van der Waals surface area contributed by atoms with Crippen molar-refractivity contribution in [2.75, 3.05) is 13.1 Å². The van der Waals surface area contributed by atoms with Gasteiger partial charge in [0.05, 0.1) is 0 Å². The third-order valence-electron chi connectivity index (χ3n) is 4.60. The van der Waals surface area contributed by atoms with Gasteiger partial charge >= 0.3 is 0 Å². The van der Waals surface area contributed by atoms with Crippen LogP contribution in [0.25, 0.3) is 0 Å². The maximum atomic E-state index is 13.3. The topological polar surface area (TPSA) is 15.3 Å². The molecule has 3 heteroatoms. The first-order valence-electron chi connectivity index (χ1n) is 7.96. The highest BCUT2D eigenvalue weighted by atomic mass is 19.1. The number of rotatable bonds is 6. The predicted octanol–water partition coefficient (Wildman–Crippen LogP) is 2.97. The first kappa shape index (κ1) is 14.0. The van der Waals surface area contributed by atoms with Gasteiger partial charge in [0.15, 0.2) is 0 Å². The summed E-state index contributed by atoms with van der Waals surface area (Å²) in [4.78, 5) is 2.65. The summed E-state index contributed by atoms with van der Waals surface area (Å²) in [6, 6.07) is 8.97. The lowest BCUT2D eigenvalue weighted by atomic mass is 10.0. The van der Waals surface area contributed by atoms with Crippen molar-refractivity contribution < 1.29 is 4.39 Å². The summed E-state index contributed by atoms with van der Waals surface area (Å²) in [5.74, 6) is -0.120. The molecule has 2 unspecified atom stereocenters. The Bertz CT molecular complexity index is 438. The zero-order valence-electron chi connectivity index (χ0n) is 12.3. The van der Waals surface area contributed by atoms with Crippen molar-refractivity contribution in [2.45, 2.75) is 57.2 Å². The SMILES string of the molecule is CC(Cc1cccc(F)c1)N(CC1CCCN1)C1CC1. The van der Waals surface area contributed by atoms with Gasteiger partial charge in [-0.05, 0) is 63.3 Å². The van der Waals surface area contributed by atoms with Crippen molar-refractivity contribution in [1.29, 1.82) is 0 Å². The van der Waals surface area contributed by atoms with Gasteiger partial charge in [-0.15, -0.1) is 0 Å². The zero-order chi connectivity index (χ0) is 13.9. The lowest BCUT2D eigenvalue weighted by Gasteiger charge is -2.31. The summed E-state index contributed by atoms with van der Waals surface area (Å²) >= 11 is 0. The highest BCUT2D eigenvalue weighted by Crippen LogP contribution is 2.30. The molecule has 1 aromatic rings. The van der Waals surface area contributed by atoms with Gasteiger partial charge in [0.1, 0.15) is 5.82 Å². The molecule has 0 amide bonds. The Morgan fingerprint density at radius 1 is 1.35 bits per heavy atom. The minimum atomic E-state index is -0.120. The second kappa shape index (κ2) is 6.23. The van der Waals surface area contributed by atoms with Crippen LogP contribution in [0.1, 0.15) is 38.2 Å². The molecule has 1 heterocycles. The van der Waals surface area contributed by atoms with Gasteiger partial charge in [0.25, 0.3) is 0 Å². The molecule has 110 valence electrons. The van der Waals surface area contributed by atoms with Gasteiger partial charge in [0, 0.05) is 24.7 Å². The molecule has 20 heavy (non-hydrogen) atoms. The third kappa shape index (κ3) is 3.58. The molecular formula is C17H25FN2. The number of benzene rings is 1. The number of hydrogen-bond donors (Lipinski definition) is 1. The van der Waals surface area contributed by atoms with E-state index in [0.29, 0.717) is 12.1 Å². The molecule has 2 aliphatic rings. The standard InChI is InChI=1S/C17H25FN2/c1-13(10-14-4-2-5-15(18)11-14)20(17-7-8-17)12-16-6-3-9-19-16/h2,4-5,11,13,16-17,19H,3,6-10,12H2,1H3. The Hall–Kier alpha value is -0.930. The van der Waals surface area contributed by atoms with Gasteiger partial charge < -0.3 is 5.32 Å². The molecule has 2 nitrogen and oxygen atoms in total. The first-order valence-corrected chi connectivity index (χ1v) is 7.96. The van der Waals surface area contributed by atoms with Crippen molar-refractivity contribution in [3.63, 3.8) is 0 Å². The highest BCUT2D eigenvalue weighted by molar-refractivity contribution is 5.17. The Labute approximate surface area is 121 Å². The molecule has 1 N–H and O–H groups in total. The van der Waals surface area contributed by atoms with Gasteiger partial charge in [-0.3, -0.25) is 4.90 Å². The molecule has 0 radical (unpaired) electrons. The summed E-state index contributed by atoms with van der Waals surface area (Å²) in [5.41, 5.74) is 1.11. The van der Waals surface area contributed by atoms with Crippen LogP contribution in [0.3, 0.4) is 0 Å². The fourth-order valence-corrected chi connectivity index (χ4v) is 3.38. The van der Waals surface area contributed by atoms with Crippen molar-refractivity contribution in [3.8, 4) is 0 Å². The van der Waals surface area contributed by atoms with E-state index in [1.54, 1.807) is 6.07 Å². The maximum Gasteiger partial charge on any atom is 0.123 e. The Morgan fingerprint density at radius 2 is 2.20 bits per heavy atom. The molecule has 3 rings (SSSR count). The zero-order valence-corrected chi connectivity index (χ0v) is 12.3. The largest absolute Gasteiger partial charge is 0.313 e. The monoisotopic (exact) mass is 276 g/mol. The summed E-state index contributed by atoms with van der Waals surface area (Å²) in [7, 11) is 0. The third-order valence-corrected chi connectivity index (χ3v) is 4.60. The van der Waals surface area contributed by atoms with E-state index >= 15 is 0 Å². The van der Waals surface area contributed by atoms with Crippen LogP contribution in [0.4, 0.5) is 4.39 Å². The van der Waals surface area contributed by atoms with Crippen LogP contribution < -0.4 is 5.32 Å². The van der Waals surface area contributed by atoms with E-state index in [-0.39, 0.29) is 5.82 Å². The second-order valence-corrected chi connectivity index (χ2v) is 6.40. The molecule has 0 aromatic heterocycles. The molecule has 0 spiro atoms. The van der Waals surface area contributed by atoms with E-state index in [1.807, 2.05) is 12.1 Å². The normalized spacial score (nSPS) is 24.2. The fourth-order valence-electron chi connectivity index (χ4n) is 3.38. The van der Waals surface area contributed by atoms with Crippen LogP contribution in [0.2, 0.25) is 0 Å². The summed E-state index contributed by atoms with van der Waals surface area (Å²) in [5, 5.41) is 3.60. The van der Waals surface area contributed by atoms with E-state index in [9.17, 15) is 4.39 Å². The molecule has 1 aliphatic heterocycles. The van der Waals surface area contributed by atoms with Crippen LogP contribution in [-0.4, -0.2) is 36.1 Å². The summed E-state index contributed by atoms with van der Waals surface area (Å²) < 4.78 is 13.3. The van der Waals surface area contributed by atoms with E-state index in [4.69, 9.17) is 0 Å². The van der Waals surface area contributed by atoms with E-state index in [2.05, 4.69) is 17.1 Å². The number of nitrogens with one attached hydrogen (secondary N) is 1. The average Bonchev–Trinajstić information content (AvgIpc) is 3.12. The quantitative estimate of drug-likeness (QED) is 0.859. The minimum Gasteiger partial charge on any atom is -0.313 e. The van der Waals surface area contributed by atoms with Gasteiger partial charge in [0.2, 0.25) is 0 Å². The number of hydrogen-bond acceptors (Lipinski definition) is 2. The van der Waals surface area contributed by atoms with Crippen LogP contribution in [-0.2, 0) is 6.42 Å². The molecule has 2 atom stereocenters. The first-order chi connectivity index (χ1) is 9.72. The number of halogens is 1. The lowest BCUT2D eigenvalue weighted by Crippen LogP contribution is -2.44. The summed E-state index contributed by atoms with van der Waals surface area (Å²) in [6.45, 7) is 4.61. The van der Waals surface area contributed by atoms with Gasteiger partial charge in [-0.2, -0.15) is 0 Å². The summed E-state index contributed by atoms with van der Waals surface area (Å²) in [6.07, 6.45) is 6.22. The lowest BCUT2D eigenvalue weighted by molar-refractivity contribution is 0.180. The highest BCUT2D eigenvalue weighted by Gasteiger charge is 2.34. The maximum absolute atomic E-state index is 13.3. The van der Waals surface area contributed by atoms with Gasteiger partial charge in [-0.25, -0.2) is 4.39 Å². The Balaban J connectivity index is 1.61. The van der Waals surface area contributed by atoms with Crippen LogP contribution in [0, 0.1) is 5.82 Å². The van der Waals surface area contributed by atoms with Crippen molar-refractivity contribution >= 4 is 0 Å². The van der Waals surface area contributed by atoms with Crippen LogP contribution in [0.5, 0.6) is 0 Å². The Kier molecular flexibility index (Phi) is 4.37. The van der Waals surface area contributed by atoms with Crippen LogP contribution >= 0.6 is 0 Å². The van der Waals surface area contributed by atoms with Crippen molar-refractivity contribution in [3.05, 3.63) is 35.6 Å². The average molecular weight is 276 g/mol. The molecule has 2 fully saturated rings. The second-order valence-electron chi connectivity index (χ2n) is 6.40. The van der Waals surface area contributed by atoms with Crippen molar-refractivity contribution in [1.82, 2.24) is 10.2 Å². The molecule has 1 saturated heterocycles. The van der Waals surface area contributed by atoms with E-state index < -0.39 is 0 Å². The smallest absolute Gasteiger partial charge is 0.123 e.